The Morgan fingerprint density at radius 3 is 3.00 bits per heavy atom. The van der Waals surface area contributed by atoms with E-state index in [9.17, 15) is 4.79 Å². The van der Waals surface area contributed by atoms with Crippen LogP contribution in [0.5, 0.6) is 0 Å². The molecule has 0 radical (unpaired) electrons. The number of esters is 1. The fourth-order valence-corrected chi connectivity index (χ4v) is 1.66. The smallest absolute Gasteiger partial charge is 0.357 e. The molecule has 2 aromatic heterocycles. The molecular weight excluding hydrogens is 232 g/mol. The minimum absolute atomic E-state index is 0.271. The van der Waals surface area contributed by atoms with Gasteiger partial charge in [0.25, 0.3) is 0 Å². The van der Waals surface area contributed by atoms with Gasteiger partial charge in [-0.1, -0.05) is 0 Å². The highest BCUT2D eigenvalue weighted by molar-refractivity contribution is 5.95. The minimum Gasteiger partial charge on any atom is -0.464 e. The third-order valence-electron chi connectivity index (χ3n) is 2.50. The van der Waals surface area contributed by atoms with Crippen molar-refractivity contribution < 1.29 is 9.53 Å². The van der Waals surface area contributed by atoms with Gasteiger partial charge in [-0.15, -0.1) is 0 Å². The standard InChI is InChI=1S/C12H10N4O2/c1-16-11(12(17)18-2)9(7-15-16)10-8(6-13)4-3-5-14-10/h3-5,7H,1-2H3. The maximum absolute atomic E-state index is 11.7. The Kier molecular flexibility index (Phi) is 3.06. The third-order valence-corrected chi connectivity index (χ3v) is 2.50. The Labute approximate surface area is 103 Å². The lowest BCUT2D eigenvalue weighted by molar-refractivity contribution is 0.0589. The number of carbonyl (C=O) groups excluding carboxylic acids is 1. The largest absolute Gasteiger partial charge is 0.464 e. The SMILES string of the molecule is COC(=O)c1c(-c2ncccc2C#N)cnn1C. The Bertz CT molecular complexity index is 640. The van der Waals surface area contributed by atoms with Crippen molar-refractivity contribution in [3.05, 3.63) is 35.8 Å². The summed E-state index contributed by atoms with van der Waals surface area (Å²) >= 11 is 0. The summed E-state index contributed by atoms with van der Waals surface area (Å²) in [7, 11) is 2.92. The Balaban J connectivity index is 2.66. The van der Waals surface area contributed by atoms with E-state index in [2.05, 4.69) is 10.1 Å². The summed E-state index contributed by atoms with van der Waals surface area (Å²) in [4.78, 5) is 15.8. The molecule has 0 spiro atoms. The van der Waals surface area contributed by atoms with Crippen LogP contribution in [-0.4, -0.2) is 27.8 Å². The molecule has 0 N–H and O–H groups in total. The molecule has 0 atom stereocenters. The number of ether oxygens (including phenoxy) is 1. The van der Waals surface area contributed by atoms with E-state index in [1.807, 2.05) is 6.07 Å². The predicted molar refractivity (Wildman–Crippen MR) is 62.5 cm³/mol. The molecule has 0 fully saturated rings. The quantitative estimate of drug-likeness (QED) is 0.737. The first kappa shape index (κ1) is 11.8. The van der Waals surface area contributed by atoms with E-state index in [4.69, 9.17) is 10.00 Å². The summed E-state index contributed by atoms with van der Waals surface area (Å²) in [5.74, 6) is -0.514. The highest BCUT2D eigenvalue weighted by Crippen LogP contribution is 2.24. The van der Waals surface area contributed by atoms with E-state index in [0.717, 1.165) is 0 Å². The fraction of sp³-hybridized carbons (Fsp3) is 0.167. The van der Waals surface area contributed by atoms with Crippen LogP contribution in [0, 0.1) is 11.3 Å². The number of methoxy groups -OCH3 is 1. The van der Waals surface area contributed by atoms with Gasteiger partial charge < -0.3 is 4.74 Å². The van der Waals surface area contributed by atoms with E-state index in [-0.39, 0.29) is 5.69 Å². The van der Waals surface area contributed by atoms with Crippen molar-refractivity contribution >= 4 is 5.97 Å². The van der Waals surface area contributed by atoms with Gasteiger partial charge in [0.15, 0.2) is 5.69 Å². The molecule has 0 saturated carbocycles. The maximum atomic E-state index is 11.7. The molecule has 2 rings (SSSR count). The van der Waals surface area contributed by atoms with Crippen LogP contribution in [0.4, 0.5) is 0 Å². The van der Waals surface area contributed by atoms with Crippen molar-refractivity contribution in [3.63, 3.8) is 0 Å². The molecule has 0 amide bonds. The zero-order valence-electron chi connectivity index (χ0n) is 9.91. The second kappa shape index (κ2) is 4.67. The lowest BCUT2D eigenvalue weighted by Gasteiger charge is -2.04. The number of rotatable bonds is 2. The van der Waals surface area contributed by atoms with E-state index in [0.29, 0.717) is 16.8 Å². The minimum atomic E-state index is -0.514. The summed E-state index contributed by atoms with van der Waals surface area (Å²) in [5, 5.41) is 13.0. The van der Waals surface area contributed by atoms with E-state index < -0.39 is 5.97 Å². The van der Waals surface area contributed by atoms with E-state index in [1.165, 1.54) is 18.0 Å². The highest BCUT2D eigenvalue weighted by Gasteiger charge is 2.21. The topological polar surface area (TPSA) is 80.8 Å². The molecule has 6 heteroatoms. The molecule has 0 saturated heterocycles. The van der Waals surface area contributed by atoms with Crippen LogP contribution < -0.4 is 0 Å². The first-order valence-corrected chi connectivity index (χ1v) is 5.14. The number of aromatic nitrogens is 3. The summed E-state index contributed by atoms with van der Waals surface area (Å²) < 4.78 is 6.10. The molecule has 18 heavy (non-hydrogen) atoms. The summed E-state index contributed by atoms with van der Waals surface area (Å²) in [6.45, 7) is 0. The molecule has 0 aliphatic carbocycles. The van der Waals surface area contributed by atoms with Crippen molar-refractivity contribution in [1.82, 2.24) is 14.8 Å². The monoisotopic (exact) mass is 242 g/mol. The molecule has 0 aromatic carbocycles. The molecule has 2 heterocycles. The van der Waals surface area contributed by atoms with Gasteiger partial charge in [-0.3, -0.25) is 9.67 Å². The number of carbonyl (C=O) groups is 1. The van der Waals surface area contributed by atoms with Crippen LogP contribution in [0.2, 0.25) is 0 Å². The average Bonchev–Trinajstić information content (AvgIpc) is 2.79. The lowest BCUT2D eigenvalue weighted by atomic mass is 10.1. The maximum Gasteiger partial charge on any atom is 0.357 e. The Morgan fingerprint density at radius 2 is 2.33 bits per heavy atom. The fourth-order valence-electron chi connectivity index (χ4n) is 1.66. The van der Waals surface area contributed by atoms with Crippen molar-refractivity contribution in [1.29, 1.82) is 5.26 Å². The van der Waals surface area contributed by atoms with Gasteiger partial charge in [0.2, 0.25) is 0 Å². The van der Waals surface area contributed by atoms with E-state index >= 15 is 0 Å². The van der Waals surface area contributed by atoms with Crippen LogP contribution in [-0.2, 0) is 11.8 Å². The second-order valence-electron chi connectivity index (χ2n) is 3.53. The van der Waals surface area contributed by atoms with Crippen molar-refractivity contribution in [3.8, 4) is 17.3 Å². The van der Waals surface area contributed by atoms with Crippen LogP contribution >= 0.6 is 0 Å². The van der Waals surface area contributed by atoms with Crippen LogP contribution in [0.25, 0.3) is 11.3 Å². The summed E-state index contributed by atoms with van der Waals surface area (Å²) in [6.07, 6.45) is 3.06. The normalized spacial score (nSPS) is 9.83. The highest BCUT2D eigenvalue weighted by atomic mass is 16.5. The van der Waals surface area contributed by atoms with Crippen LogP contribution in [0.1, 0.15) is 16.1 Å². The predicted octanol–water partition coefficient (Wildman–Crippen LogP) is 1.14. The van der Waals surface area contributed by atoms with Gasteiger partial charge in [-0.25, -0.2) is 4.79 Å². The van der Waals surface area contributed by atoms with Crippen LogP contribution in [0.15, 0.2) is 24.5 Å². The second-order valence-corrected chi connectivity index (χ2v) is 3.53. The average molecular weight is 242 g/mol. The molecule has 6 nitrogen and oxygen atoms in total. The van der Waals surface area contributed by atoms with E-state index in [1.54, 1.807) is 25.4 Å². The Hall–Kier alpha value is -2.68. The molecule has 0 aliphatic heterocycles. The lowest BCUT2D eigenvalue weighted by Crippen LogP contribution is -2.10. The van der Waals surface area contributed by atoms with Gasteiger partial charge in [0.1, 0.15) is 6.07 Å². The summed E-state index contributed by atoms with van der Waals surface area (Å²) in [5.41, 5.74) is 1.57. The third kappa shape index (κ3) is 1.82. The molecular formula is C12H10N4O2. The number of nitriles is 1. The molecule has 90 valence electrons. The number of aryl methyl sites for hydroxylation is 1. The number of hydrogen-bond acceptors (Lipinski definition) is 5. The zero-order valence-corrected chi connectivity index (χ0v) is 9.91. The Morgan fingerprint density at radius 1 is 1.56 bits per heavy atom. The number of nitrogens with zero attached hydrogens (tertiary/aromatic N) is 4. The first-order chi connectivity index (χ1) is 8.69. The van der Waals surface area contributed by atoms with Gasteiger partial charge >= 0.3 is 5.97 Å². The van der Waals surface area contributed by atoms with Gasteiger partial charge in [0, 0.05) is 13.2 Å². The number of hydrogen-bond donors (Lipinski definition) is 0. The summed E-state index contributed by atoms with van der Waals surface area (Å²) in [6, 6.07) is 5.33. The first-order valence-electron chi connectivity index (χ1n) is 5.14. The van der Waals surface area contributed by atoms with Gasteiger partial charge in [-0.05, 0) is 12.1 Å². The molecule has 0 aliphatic rings. The van der Waals surface area contributed by atoms with Crippen molar-refractivity contribution in [2.45, 2.75) is 0 Å². The van der Waals surface area contributed by atoms with Gasteiger partial charge in [-0.2, -0.15) is 10.4 Å². The zero-order chi connectivity index (χ0) is 13.1. The molecule has 0 unspecified atom stereocenters. The van der Waals surface area contributed by atoms with Crippen LogP contribution in [0.3, 0.4) is 0 Å². The molecule has 0 bridgehead atoms. The van der Waals surface area contributed by atoms with Gasteiger partial charge in [0.05, 0.1) is 30.1 Å². The van der Waals surface area contributed by atoms with Crippen molar-refractivity contribution in [2.75, 3.05) is 7.11 Å². The number of pyridine rings is 1. The van der Waals surface area contributed by atoms with Crippen molar-refractivity contribution in [2.24, 2.45) is 7.05 Å². The molecule has 2 aromatic rings.